The van der Waals surface area contributed by atoms with Crippen molar-refractivity contribution in [1.82, 2.24) is 24.4 Å². The predicted octanol–water partition coefficient (Wildman–Crippen LogP) is 2.73. The van der Waals surface area contributed by atoms with Crippen molar-refractivity contribution in [2.24, 2.45) is 14.1 Å². The number of carbonyl (C=O) groups is 1. The SMILES string of the molecule is CC[C@@H](CNC(=O)CSc1nc(C(C)(C)C)nc2c1c(=O)n(C)c(=O)n2C)c1ccccc1. The highest BCUT2D eigenvalue weighted by Gasteiger charge is 2.24. The van der Waals surface area contributed by atoms with Crippen molar-refractivity contribution in [1.29, 1.82) is 0 Å². The molecule has 0 saturated heterocycles. The number of thioether (sulfide) groups is 1. The summed E-state index contributed by atoms with van der Waals surface area (Å²) in [7, 11) is 3.01. The molecule has 0 aliphatic rings. The summed E-state index contributed by atoms with van der Waals surface area (Å²) in [5.74, 6) is 0.707. The van der Waals surface area contributed by atoms with Crippen molar-refractivity contribution < 1.29 is 4.79 Å². The van der Waals surface area contributed by atoms with E-state index in [2.05, 4.69) is 34.3 Å². The van der Waals surface area contributed by atoms with Crippen LogP contribution in [0.3, 0.4) is 0 Å². The van der Waals surface area contributed by atoms with Crippen LogP contribution in [0, 0.1) is 0 Å². The molecule has 0 saturated carbocycles. The fourth-order valence-electron chi connectivity index (χ4n) is 3.51. The summed E-state index contributed by atoms with van der Waals surface area (Å²) in [5.41, 5.74) is 0.153. The van der Waals surface area contributed by atoms with E-state index in [1.165, 1.54) is 28.9 Å². The number of amides is 1. The van der Waals surface area contributed by atoms with Gasteiger partial charge >= 0.3 is 5.69 Å². The largest absolute Gasteiger partial charge is 0.355 e. The number of carbonyl (C=O) groups excluding carboxylic acids is 1. The van der Waals surface area contributed by atoms with Gasteiger partial charge in [-0.1, -0.05) is 69.8 Å². The molecule has 2 heterocycles. The van der Waals surface area contributed by atoms with E-state index in [0.717, 1.165) is 11.0 Å². The molecule has 1 amide bonds. The first-order valence-corrected chi connectivity index (χ1v) is 12.0. The van der Waals surface area contributed by atoms with E-state index in [1.54, 1.807) is 7.05 Å². The number of aromatic nitrogens is 4. The van der Waals surface area contributed by atoms with Gasteiger partial charge in [-0.05, 0) is 12.0 Å². The minimum absolute atomic E-state index is 0.104. The van der Waals surface area contributed by atoms with Crippen LogP contribution in [0.4, 0.5) is 0 Å². The van der Waals surface area contributed by atoms with Crippen LogP contribution < -0.4 is 16.6 Å². The van der Waals surface area contributed by atoms with Crippen LogP contribution in [0.2, 0.25) is 0 Å². The van der Waals surface area contributed by atoms with E-state index < -0.39 is 16.7 Å². The molecule has 3 aromatic rings. The lowest BCUT2D eigenvalue weighted by atomic mass is 9.96. The van der Waals surface area contributed by atoms with Gasteiger partial charge in [0.2, 0.25) is 5.91 Å². The van der Waals surface area contributed by atoms with Crippen LogP contribution in [0.25, 0.3) is 11.0 Å². The zero-order valence-corrected chi connectivity index (χ0v) is 20.8. The number of nitrogens with zero attached hydrogens (tertiary/aromatic N) is 4. The number of aryl methyl sites for hydroxylation is 1. The van der Waals surface area contributed by atoms with Gasteiger partial charge in [0.1, 0.15) is 16.2 Å². The maximum atomic E-state index is 12.9. The first kappa shape index (κ1) is 24.7. The third-order valence-corrected chi connectivity index (χ3v) is 6.56. The fourth-order valence-corrected chi connectivity index (χ4v) is 4.36. The number of hydrogen-bond donors (Lipinski definition) is 1. The molecular formula is C24H31N5O3S. The van der Waals surface area contributed by atoms with Gasteiger partial charge in [-0.3, -0.25) is 18.7 Å². The topological polar surface area (TPSA) is 98.9 Å². The van der Waals surface area contributed by atoms with E-state index >= 15 is 0 Å². The number of fused-ring (bicyclic) bond motifs is 1. The molecule has 3 rings (SSSR count). The maximum absolute atomic E-state index is 12.9. The van der Waals surface area contributed by atoms with Crippen LogP contribution in [-0.4, -0.2) is 37.3 Å². The predicted molar refractivity (Wildman–Crippen MR) is 132 cm³/mol. The molecule has 9 heteroatoms. The molecule has 2 aromatic heterocycles. The molecule has 0 fully saturated rings. The Morgan fingerprint density at radius 3 is 2.36 bits per heavy atom. The van der Waals surface area contributed by atoms with Crippen LogP contribution >= 0.6 is 11.8 Å². The average molecular weight is 470 g/mol. The molecule has 0 radical (unpaired) electrons. The number of hydrogen-bond acceptors (Lipinski definition) is 6. The Bertz CT molecular complexity index is 1280. The highest BCUT2D eigenvalue weighted by molar-refractivity contribution is 8.00. The molecule has 8 nitrogen and oxygen atoms in total. The van der Waals surface area contributed by atoms with Gasteiger partial charge in [0.15, 0.2) is 5.65 Å². The molecule has 0 unspecified atom stereocenters. The van der Waals surface area contributed by atoms with E-state index in [0.29, 0.717) is 17.4 Å². The van der Waals surface area contributed by atoms with Gasteiger partial charge in [0.05, 0.1) is 5.75 Å². The zero-order valence-electron chi connectivity index (χ0n) is 20.0. The highest BCUT2D eigenvalue weighted by atomic mass is 32.2. The number of rotatable bonds is 7. The summed E-state index contributed by atoms with van der Waals surface area (Å²) in [6, 6.07) is 10.1. The number of benzene rings is 1. The normalized spacial score (nSPS) is 12.7. The van der Waals surface area contributed by atoms with Crippen LogP contribution in [0.5, 0.6) is 0 Å². The molecule has 1 aromatic carbocycles. The van der Waals surface area contributed by atoms with E-state index in [1.807, 2.05) is 39.0 Å². The van der Waals surface area contributed by atoms with Crippen molar-refractivity contribution >= 4 is 28.7 Å². The average Bonchev–Trinajstić information content (AvgIpc) is 2.79. The first-order valence-electron chi connectivity index (χ1n) is 11.0. The van der Waals surface area contributed by atoms with Crippen molar-refractivity contribution in [2.45, 2.75) is 50.5 Å². The van der Waals surface area contributed by atoms with Gasteiger partial charge in [0, 0.05) is 32.0 Å². The molecule has 0 bridgehead atoms. The molecule has 176 valence electrons. The lowest BCUT2D eigenvalue weighted by molar-refractivity contribution is -0.118. The highest BCUT2D eigenvalue weighted by Crippen LogP contribution is 2.27. The van der Waals surface area contributed by atoms with Gasteiger partial charge in [-0.15, -0.1) is 0 Å². The second kappa shape index (κ2) is 9.91. The molecular weight excluding hydrogens is 438 g/mol. The Morgan fingerprint density at radius 2 is 1.76 bits per heavy atom. The molecule has 0 aliphatic heterocycles. The summed E-state index contributed by atoms with van der Waals surface area (Å²) in [5, 5.41) is 3.66. The van der Waals surface area contributed by atoms with E-state index in [9.17, 15) is 14.4 Å². The van der Waals surface area contributed by atoms with Crippen molar-refractivity contribution in [3.63, 3.8) is 0 Å². The third-order valence-electron chi connectivity index (χ3n) is 5.59. The summed E-state index contributed by atoms with van der Waals surface area (Å²) < 4.78 is 2.39. The summed E-state index contributed by atoms with van der Waals surface area (Å²) in [6.07, 6.45) is 0.910. The molecule has 0 aliphatic carbocycles. The Hall–Kier alpha value is -2.94. The summed E-state index contributed by atoms with van der Waals surface area (Å²) >= 11 is 1.19. The quantitative estimate of drug-likeness (QED) is 0.422. The third kappa shape index (κ3) is 5.35. The smallest absolute Gasteiger partial charge is 0.332 e. The molecule has 1 atom stereocenters. The second-order valence-corrected chi connectivity index (χ2v) is 10.1. The fraction of sp³-hybridized carbons (Fsp3) is 0.458. The second-order valence-electron chi connectivity index (χ2n) is 9.12. The molecule has 33 heavy (non-hydrogen) atoms. The lowest BCUT2D eigenvalue weighted by Gasteiger charge is -2.19. The van der Waals surface area contributed by atoms with Gasteiger partial charge < -0.3 is 5.32 Å². The molecule has 1 N–H and O–H groups in total. The lowest BCUT2D eigenvalue weighted by Crippen LogP contribution is -2.38. The van der Waals surface area contributed by atoms with Gasteiger partial charge in [-0.2, -0.15) is 0 Å². The van der Waals surface area contributed by atoms with E-state index in [4.69, 9.17) is 0 Å². The minimum Gasteiger partial charge on any atom is -0.355 e. The molecule has 0 spiro atoms. The van der Waals surface area contributed by atoms with Crippen LogP contribution in [-0.2, 0) is 24.3 Å². The summed E-state index contributed by atoms with van der Waals surface area (Å²) in [4.78, 5) is 47.1. The monoisotopic (exact) mass is 469 g/mol. The zero-order chi connectivity index (χ0) is 24.3. The standard InChI is InChI=1S/C24H31N5O3S/c1-7-15(16-11-9-8-10-12-16)13-25-17(30)14-33-20-18-19(26-22(27-20)24(2,3)4)28(5)23(32)29(6)21(18)31/h8-12,15H,7,13-14H2,1-6H3,(H,25,30)/t15-/m0/s1. The Kier molecular flexibility index (Phi) is 7.41. The van der Waals surface area contributed by atoms with Crippen molar-refractivity contribution in [3.05, 3.63) is 62.6 Å². The first-order chi connectivity index (χ1) is 15.5. The Labute approximate surface area is 197 Å². The Balaban J connectivity index is 1.87. The van der Waals surface area contributed by atoms with Crippen LogP contribution in [0.1, 0.15) is 51.4 Å². The van der Waals surface area contributed by atoms with Gasteiger partial charge in [-0.25, -0.2) is 14.8 Å². The van der Waals surface area contributed by atoms with Gasteiger partial charge in [0.25, 0.3) is 5.56 Å². The number of nitrogens with one attached hydrogen (secondary N) is 1. The minimum atomic E-state index is -0.466. The van der Waals surface area contributed by atoms with Crippen molar-refractivity contribution in [2.75, 3.05) is 12.3 Å². The van der Waals surface area contributed by atoms with Crippen LogP contribution in [0.15, 0.2) is 44.9 Å². The summed E-state index contributed by atoms with van der Waals surface area (Å²) in [6.45, 7) is 8.52. The maximum Gasteiger partial charge on any atom is 0.332 e. The van der Waals surface area contributed by atoms with E-state index in [-0.39, 0.29) is 28.6 Å². The Morgan fingerprint density at radius 1 is 1.09 bits per heavy atom. The van der Waals surface area contributed by atoms with Crippen molar-refractivity contribution in [3.8, 4) is 0 Å².